The molecule has 0 saturated heterocycles. The molecule has 6 heteroatoms. The molecule has 0 aliphatic heterocycles. The minimum Gasteiger partial charge on any atom is -0.352 e. The molecule has 2 N–H and O–H groups in total. The number of rotatable bonds is 7. The molecule has 0 radical (unpaired) electrons. The first-order chi connectivity index (χ1) is 12.7. The van der Waals surface area contributed by atoms with Gasteiger partial charge in [-0.3, -0.25) is 9.59 Å². The first-order valence-corrected chi connectivity index (χ1v) is 9.28. The summed E-state index contributed by atoms with van der Waals surface area (Å²) in [6.07, 6.45) is 2.64. The van der Waals surface area contributed by atoms with Crippen LogP contribution in [0.4, 0.5) is 5.82 Å². The molecule has 5 nitrogen and oxygen atoms in total. The molecule has 2 aromatic heterocycles. The third-order valence-corrected chi connectivity index (χ3v) is 4.47. The van der Waals surface area contributed by atoms with Gasteiger partial charge in [0.1, 0.15) is 5.82 Å². The molecular formula is C20H19N3O2S. The van der Waals surface area contributed by atoms with Crippen molar-refractivity contribution in [2.24, 2.45) is 0 Å². The fourth-order valence-electron chi connectivity index (χ4n) is 2.42. The standard InChI is InChI=1S/C20H19N3O2S/c24-19(7-4-11-21-20(25)17-10-12-26-14-17)23-18-9-8-16(13-22-18)15-5-2-1-3-6-15/h1-3,5-6,8-10,12-14H,4,7,11H2,(H,21,25)(H,22,23,24). The highest BCUT2D eigenvalue weighted by Gasteiger charge is 2.07. The van der Waals surface area contributed by atoms with Gasteiger partial charge in [0, 0.05) is 35.7 Å². The molecule has 2 heterocycles. The molecule has 0 aliphatic rings. The van der Waals surface area contributed by atoms with Gasteiger partial charge in [0.15, 0.2) is 0 Å². The van der Waals surface area contributed by atoms with Crippen molar-refractivity contribution >= 4 is 29.0 Å². The molecule has 0 spiro atoms. The normalized spacial score (nSPS) is 10.3. The number of benzene rings is 1. The maximum absolute atomic E-state index is 12.0. The fraction of sp³-hybridized carbons (Fsp3) is 0.150. The Morgan fingerprint density at radius 2 is 1.85 bits per heavy atom. The SMILES string of the molecule is O=C(CCCNC(=O)c1ccsc1)Nc1ccc(-c2ccccc2)cn1. The van der Waals surface area contributed by atoms with E-state index in [1.165, 1.54) is 11.3 Å². The molecule has 3 rings (SSSR count). The minimum atomic E-state index is -0.116. The maximum atomic E-state index is 12.0. The van der Waals surface area contributed by atoms with Crippen molar-refractivity contribution in [1.29, 1.82) is 0 Å². The predicted octanol–water partition coefficient (Wildman–Crippen LogP) is 3.96. The summed E-state index contributed by atoms with van der Waals surface area (Å²) >= 11 is 1.48. The lowest BCUT2D eigenvalue weighted by Gasteiger charge is -2.07. The van der Waals surface area contributed by atoms with Gasteiger partial charge in [0.2, 0.25) is 5.91 Å². The number of carbonyl (C=O) groups is 2. The van der Waals surface area contributed by atoms with E-state index in [2.05, 4.69) is 15.6 Å². The number of amides is 2. The Morgan fingerprint density at radius 3 is 2.54 bits per heavy atom. The lowest BCUT2D eigenvalue weighted by molar-refractivity contribution is -0.116. The zero-order chi connectivity index (χ0) is 18.2. The average molecular weight is 365 g/mol. The lowest BCUT2D eigenvalue weighted by Crippen LogP contribution is -2.25. The maximum Gasteiger partial charge on any atom is 0.252 e. The predicted molar refractivity (Wildman–Crippen MR) is 104 cm³/mol. The molecule has 0 saturated carbocycles. The molecular weight excluding hydrogens is 346 g/mol. The van der Waals surface area contributed by atoms with Gasteiger partial charge in [-0.05, 0) is 35.6 Å². The van der Waals surface area contributed by atoms with Gasteiger partial charge in [-0.25, -0.2) is 4.98 Å². The summed E-state index contributed by atoms with van der Waals surface area (Å²) in [6.45, 7) is 0.461. The molecule has 132 valence electrons. The number of thiophene rings is 1. The molecule has 2 amide bonds. The third-order valence-electron chi connectivity index (χ3n) is 3.79. The first kappa shape index (κ1) is 17.8. The Morgan fingerprint density at radius 1 is 1.00 bits per heavy atom. The zero-order valence-corrected chi connectivity index (χ0v) is 15.0. The Balaban J connectivity index is 1.41. The van der Waals surface area contributed by atoms with Crippen LogP contribution in [0.25, 0.3) is 11.1 Å². The number of nitrogens with zero attached hydrogens (tertiary/aromatic N) is 1. The highest BCUT2D eigenvalue weighted by Crippen LogP contribution is 2.19. The van der Waals surface area contributed by atoms with Crippen molar-refractivity contribution in [3.63, 3.8) is 0 Å². The van der Waals surface area contributed by atoms with Crippen LogP contribution in [0.15, 0.2) is 65.5 Å². The Labute approximate surface area is 156 Å². The van der Waals surface area contributed by atoms with Crippen LogP contribution in [0.3, 0.4) is 0 Å². The average Bonchev–Trinajstić information content (AvgIpc) is 3.21. The molecule has 0 atom stereocenters. The van der Waals surface area contributed by atoms with E-state index in [0.717, 1.165) is 11.1 Å². The highest BCUT2D eigenvalue weighted by molar-refractivity contribution is 7.08. The molecule has 0 bridgehead atoms. The van der Waals surface area contributed by atoms with E-state index < -0.39 is 0 Å². The number of hydrogen-bond acceptors (Lipinski definition) is 4. The molecule has 26 heavy (non-hydrogen) atoms. The summed E-state index contributed by atoms with van der Waals surface area (Å²) in [5, 5.41) is 9.24. The third kappa shape index (κ3) is 5.00. The number of carbonyl (C=O) groups excluding carboxylic acids is 2. The Kier molecular flexibility index (Phi) is 6.11. The molecule has 0 fully saturated rings. The molecule has 0 aliphatic carbocycles. The van der Waals surface area contributed by atoms with Gasteiger partial charge in [-0.15, -0.1) is 0 Å². The minimum absolute atomic E-state index is 0.107. The summed E-state index contributed by atoms with van der Waals surface area (Å²) in [4.78, 5) is 28.0. The fourth-order valence-corrected chi connectivity index (χ4v) is 3.06. The number of anilines is 1. The first-order valence-electron chi connectivity index (χ1n) is 8.34. The molecule has 3 aromatic rings. The van der Waals surface area contributed by atoms with Gasteiger partial charge in [-0.2, -0.15) is 11.3 Å². The van der Waals surface area contributed by atoms with Crippen LogP contribution < -0.4 is 10.6 Å². The van der Waals surface area contributed by atoms with Crippen LogP contribution in [0.2, 0.25) is 0 Å². The van der Waals surface area contributed by atoms with E-state index in [1.54, 1.807) is 23.7 Å². The second kappa shape index (κ2) is 8.92. The summed E-state index contributed by atoms with van der Waals surface area (Å²) in [5.41, 5.74) is 2.74. The zero-order valence-electron chi connectivity index (χ0n) is 14.1. The van der Waals surface area contributed by atoms with E-state index in [1.807, 2.05) is 41.8 Å². The highest BCUT2D eigenvalue weighted by atomic mass is 32.1. The van der Waals surface area contributed by atoms with Gasteiger partial charge in [0.05, 0.1) is 0 Å². The second-order valence-electron chi connectivity index (χ2n) is 5.72. The summed E-state index contributed by atoms with van der Waals surface area (Å²) < 4.78 is 0. The van der Waals surface area contributed by atoms with Crippen molar-refractivity contribution in [1.82, 2.24) is 10.3 Å². The summed E-state index contributed by atoms with van der Waals surface area (Å²) in [7, 11) is 0. The number of aromatic nitrogens is 1. The van der Waals surface area contributed by atoms with E-state index >= 15 is 0 Å². The van der Waals surface area contributed by atoms with Crippen molar-refractivity contribution < 1.29 is 9.59 Å². The van der Waals surface area contributed by atoms with E-state index in [9.17, 15) is 9.59 Å². The van der Waals surface area contributed by atoms with Crippen LogP contribution in [0, 0.1) is 0 Å². The van der Waals surface area contributed by atoms with Crippen LogP contribution in [-0.4, -0.2) is 23.3 Å². The van der Waals surface area contributed by atoms with Crippen molar-refractivity contribution in [3.05, 3.63) is 71.1 Å². The Bertz CT molecular complexity index is 847. The van der Waals surface area contributed by atoms with Gasteiger partial charge in [-0.1, -0.05) is 30.3 Å². The largest absolute Gasteiger partial charge is 0.352 e. The second-order valence-corrected chi connectivity index (χ2v) is 6.50. The quantitative estimate of drug-likeness (QED) is 0.623. The van der Waals surface area contributed by atoms with Crippen molar-refractivity contribution in [2.75, 3.05) is 11.9 Å². The smallest absolute Gasteiger partial charge is 0.252 e. The van der Waals surface area contributed by atoms with Crippen LogP contribution in [0.1, 0.15) is 23.2 Å². The topological polar surface area (TPSA) is 71.1 Å². The van der Waals surface area contributed by atoms with E-state index in [-0.39, 0.29) is 11.8 Å². The number of nitrogens with one attached hydrogen (secondary N) is 2. The van der Waals surface area contributed by atoms with Gasteiger partial charge < -0.3 is 10.6 Å². The summed E-state index contributed by atoms with van der Waals surface area (Å²) in [5.74, 6) is 0.302. The number of hydrogen-bond donors (Lipinski definition) is 2. The van der Waals surface area contributed by atoms with Crippen LogP contribution in [-0.2, 0) is 4.79 Å². The molecule has 0 unspecified atom stereocenters. The van der Waals surface area contributed by atoms with Crippen molar-refractivity contribution in [3.8, 4) is 11.1 Å². The lowest BCUT2D eigenvalue weighted by atomic mass is 10.1. The van der Waals surface area contributed by atoms with Crippen LogP contribution >= 0.6 is 11.3 Å². The van der Waals surface area contributed by atoms with Gasteiger partial charge in [0.25, 0.3) is 5.91 Å². The van der Waals surface area contributed by atoms with E-state index in [4.69, 9.17) is 0 Å². The van der Waals surface area contributed by atoms with Crippen molar-refractivity contribution in [2.45, 2.75) is 12.8 Å². The van der Waals surface area contributed by atoms with Crippen LogP contribution in [0.5, 0.6) is 0 Å². The van der Waals surface area contributed by atoms with E-state index in [0.29, 0.717) is 30.8 Å². The number of pyridine rings is 1. The summed E-state index contributed by atoms with van der Waals surface area (Å²) in [6, 6.07) is 15.4. The van der Waals surface area contributed by atoms with Gasteiger partial charge >= 0.3 is 0 Å². The molecule has 1 aromatic carbocycles. The monoisotopic (exact) mass is 365 g/mol. The Hall–Kier alpha value is -2.99.